The molecule has 7 heteroatoms. The van der Waals surface area contributed by atoms with E-state index in [9.17, 15) is 8.42 Å². The molecule has 1 aromatic heterocycles. The number of para-hydroxylation sites is 1. The van der Waals surface area contributed by atoms with E-state index in [-0.39, 0.29) is 12.4 Å². The Morgan fingerprint density at radius 3 is 2.71 bits per heavy atom. The largest absolute Gasteiger partial charge is 0.492 e. The van der Waals surface area contributed by atoms with Crippen LogP contribution in [-0.2, 0) is 16.6 Å². The second-order valence-electron chi connectivity index (χ2n) is 4.54. The fraction of sp³-hybridized carbons (Fsp3) is 0.357. The molecule has 6 nitrogen and oxygen atoms in total. The molecule has 0 aliphatic carbocycles. The van der Waals surface area contributed by atoms with E-state index in [4.69, 9.17) is 4.74 Å². The van der Waals surface area contributed by atoms with Gasteiger partial charge in [0.15, 0.2) is 0 Å². The first kappa shape index (κ1) is 15.5. The summed E-state index contributed by atoms with van der Waals surface area (Å²) in [4.78, 5) is 4.08. The van der Waals surface area contributed by atoms with Crippen molar-refractivity contribution in [3.8, 4) is 5.75 Å². The zero-order valence-corrected chi connectivity index (χ0v) is 12.7. The number of aryl methyl sites for hydroxylation is 1. The Hall–Kier alpha value is -1.86. The molecule has 0 radical (unpaired) electrons. The van der Waals surface area contributed by atoms with Crippen LogP contribution in [0.2, 0.25) is 0 Å². The molecule has 1 heterocycles. The molecule has 0 saturated carbocycles. The van der Waals surface area contributed by atoms with Gasteiger partial charge in [-0.2, -0.15) is 0 Å². The molecule has 2 rings (SSSR count). The van der Waals surface area contributed by atoms with Gasteiger partial charge >= 0.3 is 0 Å². The van der Waals surface area contributed by atoms with Crippen molar-refractivity contribution in [2.24, 2.45) is 0 Å². The number of nitrogens with one attached hydrogen (secondary N) is 1. The van der Waals surface area contributed by atoms with E-state index in [1.807, 2.05) is 35.9 Å². The third-order valence-electron chi connectivity index (χ3n) is 2.96. The highest BCUT2D eigenvalue weighted by atomic mass is 32.2. The van der Waals surface area contributed by atoms with E-state index < -0.39 is 10.0 Å². The predicted molar refractivity (Wildman–Crippen MR) is 80.7 cm³/mol. The highest BCUT2D eigenvalue weighted by Crippen LogP contribution is 2.07. The Kier molecular flexibility index (Phi) is 5.35. The second kappa shape index (κ2) is 7.24. The number of sulfonamides is 1. The van der Waals surface area contributed by atoms with Gasteiger partial charge < -0.3 is 9.30 Å². The van der Waals surface area contributed by atoms with E-state index in [1.54, 1.807) is 18.3 Å². The van der Waals surface area contributed by atoms with Gasteiger partial charge in [-0.3, -0.25) is 0 Å². The van der Waals surface area contributed by atoms with Crippen LogP contribution in [-0.4, -0.2) is 36.9 Å². The third kappa shape index (κ3) is 5.20. The number of benzene rings is 1. The molecule has 2 aromatic rings. The lowest BCUT2D eigenvalue weighted by molar-refractivity contribution is 0.340. The number of ether oxygens (including phenoxy) is 1. The number of imidazole rings is 1. The van der Waals surface area contributed by atoms with Gasteiger partial charge in [-0.1, -0.05) is 18.2 Å². The molecule has 21 heavy (non-hydrogen) atoms. The van der Waals surface area contributed by atoms with Crippen molar-refractivity contribution in [3.63, 3.8) is 0 Å². The van der Waals surface area contributed by atoms with Crippen molar-refractivity contribution in [3.05, 3.63) is 48.5 Å². The summed E-state index contributed by atoms with van der Waals surface area (Å²) in [5.74, 6) is 1.47. The minimum absolute atomic E-state index is 0.0647. The standard InChI is InChI=1S/C14H19N3O3S/c1-13-15-7-9-17(13)10-8-16-21(18,19)12-11-20-14-5-3-2-4-6-14/h2-7,9,16H,8,10-12H2,1H3. The van der Waals surface area contributed by atoms with Gasteiger partial charge in [0.1, 0.15) is 18.2 Å². The van der Waals surface area contributed by atoms with Crippen molar-refractivity contribution in [2.45, 2.75) is 13.5 Å². The van der Waals surface area contributed by atoms with Crippen LogP contribution in [0.4, 0.5) is 0 Å². The minimum atomic E-state index is -3.33. The molecular formula is C14H19N3O3S. The Morgan fingerprint density at radius 2 is 2.05 bits per heavy atom. The van der Waals surface area contributed by atoms with Crippen molar-refractivity contribution in [2.75, 3.05) is 18.9 Å². The SMILES string of the molecule is Cc1nccn1CCNS(=O)(=O)CCOc1ccccc1. The molecule has 0 fully saturated rings. The molecule has 0 aliphatic heterocycles. The van der Waals surface area contributed by atoms with Crippen LogP contribution in [0.1, 0.15) is 5.82 Å². The zero-order valence-electron chi connectivity index (χ0n) is 11.9. The summed E-state index contributed by atoms with van der Waals surface area (Å²) in [6.07, 6.45) is 3.51. The highest BCUT2D eigenvalue weighted by Gasteiger charge is 2.10. The highest BCUT2D eigenvalue weighted by molar-refractivity contribution is 7.89. The summed E-state index contributed by atoms with van der Waals surface area (Å²) in [5, 5.41) is 0. The number of aromatic nitrogens is 2. The summed E-state index contributed by atoms with van der Waals surface area (Å²) in [7, 11) is -3.33. The average Bonchev–Trinajstić information content (AvgIpc) is 2.85. The molecular weight excluding hydrogens is 290 g/mol. The molecule has 1 N–H and O–H groups in total. The molecule has 0 amide bonds. The summed E-state index contributed by atoms with van der Waals surface area (Å²) in [6, 6.07) is 9.15. The van der Waals surface area contributed by atoms with E-state index in [2.05, 4.69) is 9.71 Å². The molecule has 1 aromatic carbocycles. The van der Waals surface area contributed by atoms with Crippen LogP contribution in [0.3, 0.4) is 0 Å². The zero-order chi connectivity index (χ0) is 15.1. The van der Waals surface area contributed by atoms with Crippen molar-refractivity contribution in [1.82, 2.24) is 14.3 Å². The van der Waals surface area contributed by atoms with Crippen LogP contribution >= 0.6 is 0 Å². The molecule has 114 valence electrons. The van der Waals surface area contributed by atoms with Gasteiger partial charge in [0.2, 0.25) is 10.0 Å². The first-order valence-corrected chi connectivity index (χ1v) is 8.35. The fourth-order valence-electron chi connectivity index (χ4n) is 1.82. The van der Waals surface area contributed by atoms with Crippen molar-refractivity contribution >= 4 is 10.0 Å². The molecule has 0 bridgehead atoms. The first-order valence-electron chi connectivity index (χ1n) is 6.70. The van der Waals surface area contributed by atoms with E-state index >= 15 is 0 Å². The maximum atomic E-state index is 11.8. The molecule has 0 atom stereocenters. The monoisotopic (exact) mass is 309 g/mol. The van der Waals surface area contributed by atoms with Gasteiger partial charge in [-0.05, 0) is 19.1 Å². The van der Waals surface area contributed by atoms with Gasteiger partial charge in [0.25, 0.3) is 0 Å². The van der Waals surface area contributed by atoms with Gasteiger partial charge in [-0.15, -0.1) is 0 Å². The van der Waals surface area contributed by atoms with Crippen LogP contribution in [0.15, 0.2) is 42.7 Å². The number of nitrogens with zero attached hydrogens (tertiary/aromatic N) is 2. The maximum Gasteiger partial charge on any atom is 0.215 e. The summed E-state index contributed by atoms with van der Waals surface area (Å²) in [5.41, 5.74) is 0. The predicted octanol–water partition coefficient (Wildman–Crippen LogP) is 1.19. The lowest BCUT2D eigenvalue weighted by Crippen LogP contribution is -2.31. The summed E-state index contributed by atoms with van der Waals surface area (Å²) < 4.78 is 33.5. The lowest BCUT2D eigenvalue weighted by Gasteiger charge is -2.09. The second-order valence-corrected chi connectivity index (χ2v) is 6.47. The normalized spacial score (nSPS) is 11.5. The van der Waals surface area contributed by atoms with Crippen LogP contribution < -0.4 is 9.46 Å². The Labute approximate surface area is 124 Å². The van der Waals surface area contributed by atoms with Crippen LogP contribution in [0, 0.1) is 6.92 Å². The smallest absolute Gasteiger partial charge is 0.215 e. The van der Waals surface area contributed by atoms with Gasteiger partial charge in [0, 0.05) is 25.5 Å². The summed E-state index contributed by atoms with van der Waals surface area (Å²) >= 11 is 0. The Balaban J connectivity index is 1.71. The maximum absolute atomic E-state index is 11.8. The third-order valence-corrected chi connectivity index (χ3v) is 4.31. The summed E-state index contributed by atoms with van der Waals surface area (Å²) in [6.45, 7) is 2.90. The van der Waals surface area contributed by atoms with E-state index in [0.29, 0.717) is 18.8 Å². The topological polar surface area (TPSA) is 73.2 Å². The van der Waals surface area contributed by atoms with Crippen molar-refractivity contribution in [1.29, 1.82) is 0 Å². The quantitative estimate of drug-likeness (QED) is 0.795. The lowest BCUT2D eigenvalue weighted by atomic mass is 10.3. The van der Waals surface area contributed by atoms with Crippen molar-refractivity contribution < 1.29 is 13.2 Å². The molecule has 0 saturated heterocycles. The average molecular weight is 309 g/mol. The molecule has 0 unspecified atom stereocenters. The minimum Gasteiger partial charge on any atom is -0.492 e. The Bertz CT molecular complexity index is 653. The van der Waals surface area contributed by atoms with E-state index in [0.717, 1.165) is 5.82 Å². The molecule has 0 spiro atoms. The Morgan fingerprint density at radius 1 is 1.29 bits per heavy atom. The van der Waals surface area contributed by atoms with Crippen LogP contribution in [0.25, 0.3) is 0 Å². The van der Waals surface area contributed by atoms with Gasteiger partial charge in [-0.25, -0.2) is 18.1 Å². The van der Waals surface area contributed by atoms with Crippen LogP contribution in [0.5, 0.6) is 5.75 Å². The molecule has 0 aliphatic rings. The first-order chi connectivity index (χ1) is 10.1. The number of hydrogen-bond acceptors (Lipinski definition) is 4. The van der Waals surface area contributed by atoms with E-state index in [1.165, 1.54) is 0 Å². The number of hydrogen-bond donors (Lipinski definition) is 1. The fourth-order valence-corrected chi connectivity index (χ4v) is 2.67. The number of rotatable bonds is 8. The van der Waals surface area contributed by atoms with Gasteiger partial charge in [0.05, 0.1) is 5.75 Å².